The van der Waals surface area contributed by atoms with E-state index in [9.17, 15) is 9.59 Å². The number of thioether (sulfide) groups is 1. The summed E-state index contributed by atoms with van der Waals surface area (Å²) in [7, 11) is 1.62. The van der Waals surface area contributed by atoms with E-state index >= 15 is 0 Å². The van der Waals surface area contributed by atoms with Crippen LogP contribution in [-0.4, -0.2) is 27.1 Å². The Morgan fingerprint density at radius 3 is 2.92 bits per heavy atom. The lowest BCUT2D eigenvalue weighted by Gasteiger charge is -2.03. The number of nitrogens with zero attached hydrogens (tertiary/aromatic N) is 2. The zero-order chi connectivity index (χ0) is 9.84. The molecule has 0 fully saturated rings. The van der Waals surface area contributed by atoms with Crippen molar-refractivity contribution in [2.24, 2.45) is 12.8 Å². The second-order valence-corrected chi connectivity index (χ2v) is 3.40. The first-order valence-electron chi connectivity index (χ1n) is 3.65. The summed E-state index contributed by atoms with van der Waals surface area (Å²) in [4.78, 5) is 25.2. The molecule has 0 radical (unpaired) electrons. The van der Waals surface area contributed by atoms with E-state index in [2.05, 4.69) is 10.1 Å². The van der Waals surface area contributed by atoms with Gasteiger partial charge in [0.2, 0.25) is 0 Å². The van der Waals surface area contributed by atoms with Gasteiger partial charge in [0.1, 0.15) is 0 Å². The molecule has 0 aliphatic heterocycles. The van der Waals surface area contributed by atoms with Crippen LogP contribution in [0.5, 0.6) is 0 Å². The molecule has 1 heterocycles. The number of hydrogen-bond donors (Lipinski definition) is 2. The molecule has 0 bridgehead atoms. The summed E-state index contributed by atoms with van der Waals surface area (Å²) in [5, 5.41) is 2.81. The molecule has 0 saturated carbocycles. The molecule has 3 N–H and O–H groups in total. The van der Waals surface area contributed by atoms with Crippen molar-refractivity contribution in [2.45, 2.75) is 5.16 Å². The molecule has 13 heavy (non-hydrogen) atoms. The van der Waals surface area contributed by atoms with Crippen LogP contribution in [0.2, 0.25) is 0 Å². The SMILES string of the molecule is Cn1[nH]c(=O)c(=O)nc1SCCN. The lowest BCUT2D eigenvalue weighted by molar-refractivity contribution is 0.596. The Morgan fingerprint density at radius 1 is 1.62 bits per heavy atom. The first-order chi connectivity index (χ1) is 6.15. The molecule has 72 valence electrons. The molecular weight excluding hydrogens is 192 g/mol. The maximum absolute atomic E-state index is 10.8. The molecule has 7 heteroatoms. The van der Waals surface area contributed by atoms with Crippen molar-refractivity contribution in [1.82, 2.24) is 14.8 Å². The average Bonchev–Trinajstić information content (AvgIpc) is 2.09. The van der Waals surface area contributed by atoms with Crippen molar-refractivity contribution < 1.29 is 0 Å². The Kier molecular flexibility index (Phi) is 3.26. The number of aromatic nitrogens is 3. The van der Waals surface area contributed by atoms with Gasteiger partial charge < -0.3 is 5.73 Å². The monoisotopic (exact) mass is 202 g/mol. The first kappa shape index (κ1) is 10.0. The van der Waals surface area contributed by atoms with Gasteiger partial charge in [-0.1, -0.05) is 11.8 Å². The van der Waals surface area contributed by atoms with Crippen LogP contribution in [0.3, 0.4) is 0 Å². The minimum absolute atomic E-state index is 0.468. The number of H-pyrrole nitrogens is 1. The Balaban J connectivity index is 3.02. The van der Waals surface area contributed by atoms with Gasteiger partial charge in [-0.3, -0.25) is 19.4 Å². The molecule has 0 unspecified atom stereocenters. The highest BCUT2D eigenvalue weighted by Crippen LogP contribution is 2.08. The predicted molar refractivity (Wildman–Crippen MR) is 49.9 cm³/mol. The molecule has 0 amide bonds. The van der Waals surface area contributed by atoms with E-state index in [0.717, 1.165) is 0 Å². The molecule has 0 spiro atoms. The molecule has 0 aromatic carbocycles. The van der Waals surface area contributed by atoms with Crippen molar-refractivity contribution in [2.75, 3.05) is 12.3 Å². The average molecular weight is 202 g/mol. The van der Waals surface area contributed by atoms with Crippen LogP contribution in [0.25, 0.3) is 0 Å². The number of rotatable bonds is 3. The summed E-state index contributed by atoms with van der Waals surface area (Å²) < 4.78 is 1.41. The highest BCUT2D eigenvalue weighted by molar-refractivity contribution is 7.99. The van der Waals surface area contributed by atoms with Gasteiger partial charge in [-0.2, -0.15) is 4.98 Å². The molecule has 6 nitrogen and oxygen atoms in total. The summed E-state index contributed by atoms with van der Waals surface area (Å²) in [6, 6.07) is 0. The van der Waals surface area contributed by atoms with Gasteiger partial charge in [0.25, 0.3) is 0 Å². The number of aromatic amines is 1. The molecule has 1 rings (SSSR count). The summed E-state index contributed by atoms with van der Waals surface area (Å²) >= 11 is 1.33. The third kappa shape index (κ3) is 2.43. The fraction of sp³-hybridized carbons (Fsp3) is 0.500. The first-order valence-corrected chi connectivity index (χ1v) is 4.64. The van der Waals surface area contributed by atoms with Gasteiger partial charge in [-0.15, -0.1) is 0 Å². The fourth-order valence-electron chi connectivity index (χ4n) is 0.740. The predicted octanol–water partition coefficient (Wildman–Crippen LogP) is -1.48. The lowest BCUT2D eigenvalue weighted by Crippen LogP contribution is -2.33. The summed E-state index contributed by atoms with van der Waals surface area (Å²) in [6.45, 7) is 0.500. The van der Waals surface area contributed by atoms with Crippen molar-refractivity contribution in [3.8, 4) is 0 Å². The number of nitrogens with one attached hydrogen (secondary N) is 1. The van der Waals surface area contributed by atoms with E-state index in [4.69, 9.17) is 5.73 Å². The molecule has 0 aliphatic rings. The van der Waals surface area contributed by atoms with Crippen LogP contribution in [0.1, 0.15) is 0 Å². The zero-order valence-electron chi connectivity index (χ0n) is 7.11. The molecule has 1 aromatic heterocycles. The van der Waals surface area contributed by atoms with Gasteiger partial charge in [-0.05, 0) is 0 Å². The van der Waals surface area contributed by atoms with Gasteiger partial charge in [-0.25, -0.2) is 0 Å². The highest BCUT2D eigenvalue weighted by atomic mass is 32.2. The number of nitrogens with two attached hydrogens (primary N) is 1. The normalized spacial score (nSPS) is 10.3. The molecule has 0 saturated heterocycles. The third-order valence-electron chi connectivity index (χ3n) is 1.30. The topological polar surface area (TPSA) is 93.8 Å². The standard InChI is InChI=1S/C6H10N4O2S/c1-10-6(13-3-2-7)8-4(11)5(12)9-10/h2-3,7H2,1H3,(H,9,12). The summed E-state index contributed by atoms with van der Waals surface area (Å²) in [5.74, 6) is 0.659. The van der Waals surface area contributed by atoms with E-state index in [-0.39, 0.29) is 0 Å². The van der Waals surface area contributed by atoms with E-state index in [1.165, 1.54) is 16.4 Å². The van der Waals surface area contributed by atoms with Gasteiger partial charge in [0.05, 0.1) is 0 Å². The second kappa shape index (κ2) is 4.24. The Morgan fingerprint density at radius 2 is 2.31 bits per heavy atom. The van der Waals surface area contributed by atoms with Crippen molar-refractivity contribution in [1.29, 1.82) is 0 Å². The minimum Gasteiger partial charge on any atom is -0.330 e. The molecule has 1 aromatic rings. The highest BCUT2D eigenvalue weighted by Gasteiger charge is 2.02. The van der Waals surface area contributed by atoms with Crippen LogP contribution in [0.4, 0.5) is 0 Å². The maximum Gasteiger partial charge on any atom is 0.339 e. The summed E-state index contributed by atoms with van der Waals surface area (Å²) in [6.07, 6.45) is 0. The van der Waals surface area contributed by atoms with E-state index in [0.29, 0.717) is 17.5 Å². The molecular formula is C6H10N4O2S. The Hall–Kier alpha value is -1.08. The minimum atomic E-state index is -0.766. The van der Waals surface area contributed by atoms with E-state index in [1.54, 1.807) is 7.05 Å². The van der Waals surface area contributed by atoms with Crippen molar-refractivity contribution >= 4 is 11.8 Å². The quantitative estimate of drug-likeness (QED) is 0.460. The van der Waals surface area contributed by atoms with Gasteiger partial charge in [0.15, 0.2) is 5.16 Å². The number of aryl methyl sites for hydroxylation is 1. The maximum atomic E-state index is 10.8. The van der Waals surface area contributed by atoms with Gasteiger partial charge in [0, 0.05) is 19.3 Å². The third-order valence-corrected chi connectivity index (χ3v) is 2.36. The van der Waals surface area contributed by atoms with Crippen LogP contribution in [0.15, 0.2) is 14.7 Å². The second-order valence-electron chi connectivity index (χ2n) is 2.34. The van der Waals surface area contributed by atoms with Crippen LogP contribution in [0, 0.1) is 0 Å². The smallest absolute Gasteiger partial charge is 0.330 e. The Bertz CT molecular complexity index is 396. The van der Waals surface area contributed by atoms with E-state index < -0.39 is 11.1 Å². The lowest BCUT2D eigenvalue weighted by atomic mass is 10.8. The van der Waals surface area contributed by atoms with Crippen LogP contribution < -0.4 is 16.9 Å². The Labute approximate surface area is 78.1 Å². The van der Waals surface area contributed by atoms with Gasteiger partial charge >= 0.3 is 11.1 Å². The number of hydrogen-bond acceptors (Lipinski definition) is 5. The molecule has 0 aliphatic carbocycles. The van der Waals surface area contributed by atoms with Crippen molar-refractivity contribution in [3.63, 3.8) is 0 Å². The zero-order valence-corrected chi connectivity index (χ0v) is 7.93. The fourth-order valence-corrected chi connectivity index (χ4v) is 1.43. The largest absolute Gasteiger partial charge is 0.339 e. The van der Waals surface area contributed by atoms with Crippen LogP contribution in [-0.2, 0) is 7.05 Å². The van der Waals surface area contributed by atoms with E-state index in [1.807, 2.05) is 0 Å². The molecule has 0 atom stereocenters. The van der Waals surface area contributed by atoms with Crippen molar-refractivity contribution in [3.05, 3.63) is 20.7 Å². The summed E-state index contributed by atoms with van der Waals surface area (Å²) in [5.41, 5.74) is 3.81. The van der Waals surface area contributed by atoms with Crippen LogP contribution >= 0.6 is 11.8 Å².